The molecule has 22 heavy (non-hydrogen) atoms. The van der Waals surface area contributed by atoms with Gasteiger partial charge < -0.3 is 10.2 Å². The molecule has 0 radical (unpaired) electrons. The zero-order valence-electron chi connectivity index (χ0n) is 12.3. The fraction of sp³-hybridized carbons (Fsp3) is 0.188. The molecule has 2 aromatic carbocycles. The van der Waals surface area contributed by atoms with Crippen LogP contribution in [0.2, 0.25) is 0 Å². The van der Waals surface area contributed by atoms with Crippen molar-refractivity contribution in [1.82, 2.24) is 0 Å². The largest absolute Gasteiger partial charge is 0.507 e. The lowest BCUT2D eigenvalue weighted by molar-refractivity contribution is -0.384. The molecule has 0 aromatic heterocycles. The fourth-order valence-electron chi connectivity index (χ4n) is 2.02. The summed E-state index contributed by atoms with van der Waals surface area (Å²) in [6.45, 7) is 3.56. The first-order valence-electron chi connectivity index (χ1n) is 6.76. The van der Waals surface area contributed by atoms with Crippen LogP contribution in [0, 0.1) is 17.0 Å². The summed E-state index contributed by atoms with van der Waals surface area (Å²) in [5.74, 6) is -0.0596. The maximum atomic E-state index is 10.9. The lowest BCUT2D eigenvalue weighted by Gasteiger charge is -2.04. The van der Waals surface area contributed by atoms with Crippen molar-refractivity contribution in [2.75, 3.05) is 0 Å². The zero-order valence-corrected chi connectivity index (χ0v) is 12.3. The van der Waals surface area contributed by atoms with Gasteiger partial charge in [-0.3, -0.25) is 15.1 Å². The molecule has 0 bridgehead atoms. The Balaban J connectivity index is 2.44. The van der Waals surface area contributed by atoms with Crippen molar-refractivity contribution in [1.29, 1.82) is 0 Å². The van der Waals surface area contributed by atoms with Crippen LogP contribution >= 0.6 is 0 Å². The minimum Gasteiger partial charge on any atom is -0.507 e. The Morgan fingerprint density at radius 1 is 1.27 bits per heavy atom. The van der Waals surface area contributed by atoms with Crippen LogP contribution in [0.1, 0.15) is 23.6 Å². The Hall–Kier alpha value is -2.89. The minimum atomic E-state index is -0.529. The number of nitrogens with zero attached hydrogens (tertiary/aromatic N) is 2. The topological polar surface area (TPSA) is 96.0 Å². The molecule has 0 spiro atoms. The third-order valence-corrected chi connectivity index (χ3v) is 3.32. The van der Waals surface area contributed by atoms with E-state index in [1.807, 2.05) is 6.92 Å². The summed E-state index contributed by atoms with van der Waals surface area (Å²) < 4.78 is 0. The smallest absolute Gasteiger partial charge is 0.270 e. The highest BCUT2D eigenvalue weighted by atomic mass is 16.6. The van der Waals surface area contributed by atoms with Gasteiger partial charge in [0.1, 0.15) is 17.2 Å². The average Bonchev–Trinajstić information content (AvgIpc) is 2.49. The molecule has 0 aliphatic heterocycles. The van der Waals surface area contributed by atoms with Crippen molar-refractivity contribution in [3.8, 4) is 11.5 Å². The maximum Gasteiger partial charge on any atom is 0.270 e. The number of aliphatic imine (C=N–C) groups is 1. The van der Waals surface area contributed by atoms with Gasteiger partial charge >= 0.3 is 0 Å². The third-order valence-electron chi connectivity index (χ3n) is 3.32. The summed E-state index contributed by atoms with van der Waals surface area (Å²) in [4.78, 5) is 14.5. The van der Waals surface area contributed by atoms with Crippen LogP contribution in [-0.2, 0) is 6.42 Å². The molecule has 6 nitrogen and oxygen atoms in total. The summed E-state index contributed by atoms with van der Waals surface area (Å²) in [5, 5.41) is 30.6. The first-order valence-corrected chi connectivity index (χ1v) is 6.76. The molecule has 0 unspecified atom stereocenters. The number of non-ortho nitro benzene ring substituents is 1. The standard InChI is InChI=1S/C16H16N2O4/c1-3-11-4-5-15(19)14(7-11)17-9-12-8-13(18(21)22)6-10(2)16(12)20/h4-9,19-20H,3H2,1-2H3. The van der Waals surface area contributed by atoms with Gasteiger partial charge in [-0.05, 0) is 36.6 Å². The average molecular weight is 300 g/mol. The summed E-state index contributed by atoms with van der Waals surface area (Å²) in [6.07, 6.45) is 2.10. The monoisotopic (exact) mass is 300 g/mol. The second kappa shape index (κ2) is 6.26. The Morgan fingerprint density at radius 2 is 2.00 bits per heavy atom. The van der Waals surface area contributed by atoms with Crippen LogP contribution in [-0.4, -0.2) is 21.4 Å². The molecule has 0 atom stereocenters. The van der Waals surface area contributed by atoms with E-state index >= 15 is 0 Å². The summed E-state index contributed by atoms with van der Waals surface area (Å²) in [5.41, 5.74) is 1.85. The molecule has 0 aliphatic rings. The van der Waals surface area contributed by atoms with Gasteiger partial charge in [-0.15, -0.1) is 0 Å². The lowest BCUT2D eigenvalue weighted by Crippen LogP contribution is -1.93. The van der Waals surface area contributed by atoms with Crippen LogP contribution in [0.5, 0.6) is 11.5 Å². The van der Waals surface area contributed by atoms with Gasteiger partial charge in [0.15, 0.2) is 0 Å². The molecule has 2 N–H and O–H groups in total. The molecule has 0 saturated heterocycles. The van der Waals surface area contributed by atoms with Crippen molar-refractivity contribution in [2.45, 2.75) is 20.3 Å². The fourth-order valence-corrected chi connectivity index (χ4v) is 2.02. The first kappa shape index (κ1) is 15.5. The van der Waals surface area contributed by atoms with E-state index in [-0.39, 0.29) is 22.7 Å². The lowest BCUT2D eigenvalue weighted by atomic mass is 10.1. The SMILES string of the molecule is CCc1ccc(O)c(N=Cc2cc([N+](=O)[O-])cc(C)c2O)c1. The highest BCUT2D eigenvalue weighted by Crippen LogP contribution is 2.30. The van der Waals surface area contributed by atoms with Crippen molar-refractivity contribution < 1.29 is 15.1 Å². The highest BCUT2D eigenvalue weighted by Gasteiger charge is 2.12. The number of hydrogen-bond acceptors (Lipinski definition) is 5. The van der Waals surface area contributed by atoms with Gasteiger partial charge in [0, 0.05) is 23.9 Å². The molecule has 0 amide bonds. The Labute approximate surface area is 127 Å². The predicted octanol–water partition coefficient (Wildman–Crippen LogP) is 3.63. The molecule has 114 valence electrons. The summed E-state index contributed by atoms with van der Waals surface area (Å²) in [7, 11) is 0. The van der Waals surface area contributed by atoms with Crippen molar-refractivity contribution in [2.24, 2.45) is 4.99 Å². The van der Waals surface area contributed by atoms with E-state index in [9.17, 15) is 20.3 Å². The van der Waals surface area contributed by atoms with Crippen molar-refractivity contribution >= 4 is 17.6 Å². The number of nitro groups is 1. The second-order valence-corrected chi connectivity index (χ2v) is 4.89. The van der Waals surface area contributed by atoms with E-state index in [1.165, 1.54) is 18.3 Å². The summed E-state index contributed by atoms with van der Waals surface area (Å²) >= 11 is 0. The second-order valence-electron chi connectivity index (χ2n) is 4.89. The zero-order chi connectivity index (χ0) is 16.3. The normalized spacial score (nSPS) is 11.0. The molecular formula is C16H16N2O4. The molecule has 0 heterocycles. The molecule has 0 aliphatic carbocycles. The van der Waals surface area contributed by atoms with Crippen LogP contribution in [0.25, 0.3) is 0 Å². The van der Waals surface area contributed by atoms with Crippen LogP contribution in [0.4, 0.5) is 11.4 Å². The maximum absolute atomic E-state index is 10.9. The van der Waals surface area contributed by atoms with E-state index in [2.05, 4.69) is 4.99 Å². The molecule has 0 saturated carbocycles. The summed E-state index contributed by atoms with van der Waals surface area (Å²) in [6, 6.07) is 7.61. The highest BCUT2D eigenvalue weighted by molar-refractivity contribution is 5.87. The third kappa shape index (κ3) is 3.22. The van der Waals surface area contributed by atoms with Gasteiger partial charge in [-0.25, -0.2) is 0 Å². The van der Waals surface area contributed by atoms with Gasteiger partial charge in [0.2, 0.25) is 0 Å². The van der Waals surface area contributed by atoms with Gasteiger partial charge in [0.05, 0.1) is 4.92 Å². The number of phenolic OH excluding ortho intramolecular Hbond substituents is 2. The van der Waals surface area contributed by atoms with Crippen LogP contribution in [0.15, 0.2) is 35.3 Å². The number of aromatic hydroxyl groups is 2. The predicted molar refractivity (Wildman–Crippen MR) is 84.2 cm³/mol. The number of rotatable bonds is 4. The van der Waals surface area contributed by atoms with E-state index in [0.717, 1.165) is 12.0 Å². The Bertz CT molecular complexity index is 754. The van der Waals surface area contributed by atoms with E-state index < -0.39 is 4.92 Å². The van der Waals surface area contributed by atoms with Crippen LogP contribution < -0.4 is 0 Å². The minimum absolute atomic E-state index is 0.00934. The molecule has 6 heteroatoms. The first-order chi connectivity index (χ1) is 10.4. The molecule has 0 fully saturated rings. The van der Waals surface area contributed by atoms with Gasteiger partial charge in [-0.1, -0.05) is 13.0 Å². The van der Waals surface area contributed by atoms with Crippen molar-refractivity contribution in [3.05, 3.63) is 57.1 Å². The van der Waals surface area contributed by atoms with E-state index in [0.29, 0.717) is 11.3 Å². The van der Waals surface area contributed by atoms with Gasteiger partial charge in [-0.2, -0.15) is 0 Å². The Morgan fingerprint density at radius 3 is 2.64 bits per heavy atom. The number of aryl methyl sites for hydroxylation is 2. The molecule has 2 rings (SSSR count). The van der Waals surface area contributed by atoms with E-state index in [1.54, 1.807) is 25.1 Å². The quantitative estimate of drug-likeness (QED) is 0.512. The van der Waals surface area contributed by atoms with E-state index in [4.69, 9.17) is 0 Å². The van der Waals surface area contributed by atoms with Crippen LogP contribution in [0.3, 0.4) is 0 Å². The van der Waals surface area contributed by atoms with Crippen molar-refractivity contribution in [3.63, 3.8) is 0 Å². The molecular weight excluding hydrogens is 284 g/mol. The van der Waals surface area contributed by atoms with Gasteiger partial charge in [0.25, 0.3) is 5.69 Å². The number of phenols is 2. The Kier molecular flexibility index (Phi) is 4.41. The molecule has 2 aromatic rings. The number of nitro benzene ring substituents is 1. The number of hydrogen-bond donors (Lipinski definition) is 2. The number of benzene rings is 2.